The summed E-state index contributed by atoms with van der Waals surface area (Å²) in [4.78, 5) is 29.4. The Morgan fingerprint density at radius 3 is 2.30 bits per heavy atom. The summed E-state index contributed by atoms with van der Waals surface area (Å²) >= 11 is 0. The third-order valence-electron chi connectivity index (χ3n) is 4.63. The van der Waals surface area contributed by atoms with Gasteiger partial charge in [-0.2, -0.15) is 0 Å². The highest BCUT2D eigenvalue weighted by Crippen LogP contribution is 2.10. The molecule has 0 atom stereocenters. The predicted molar refractivity (Wildman–Crippen MR) is 118 cm³/mol. The summed E-state index contributed by atoms with van der Waals surface area (Å²) in [6, 6.07) is 15.0. The Hall–Kier alpha value is -3.67. The van der Waals surface area contributed by atoms with Crippen molar-refractivity contribution in [1.29, 1.82) is 0 Å². The average molecular weight is 402 g/mol. The molecule has 0 saturated heterocycles. The van der Waals surface area contributed by atoms with Gasteiger partial charge in [-0.3, -0.25) is 9.59 Å². The zero-order valence-corrected chi connectivity index (χ0v) is 17.3. The molecule has 2 amide bonds. The minimum absolute atomic E-state index is 0.215. The molecule has 0 aliphatic carbocycles. The Morgan fingerprint density at radius 2 is 1.67 bits per heavy atom. The van der Waals surface area contributed by atoms with Crippen molar-refractivity contribution in [2.45, 2.75) is 26.8 Å². The van der Waals surface area contributed by atoms with E-state index in [-0.39, 0.29) is 17.5 Å². The number of carbonyl (C=O) groups is 2. The summed E-state index contributed by atoms with van der Waals surface area (Å²) in [5.74, 6) is -0.636. The van der Waals surface area contributed by atoms with Crippen LogP contribution in [0.1, 0.15) is 33.5 Å². The molecule has 6 heteroatoms. The molecule has 0 bridgehead atoms. The van der Waals surface area contributed by atoms with Crippen LogP contribution < -0.4 is 10.6 Å². The first-order chi connectivity index (χ1) is 14.5. The lowest BCUT2D eigenvalue weighted by Gasteiger charge is -2.12. The summed E-state index contributed by atoms with van der Waals surface area (Å²) in [5, 5.41) is 5.65. The highest BCUT2D eigenvalue weighted by atomic mass is 16.2. The van der Waals surface area contributed by atoms with Gasteiger partial charge < -0.3 is 15.2 Å². The number of aromatic nitrogens is 2. The summed E-state index contributed by atoms with van der Waals surface area (Å²) in [5.41, 5.74) is 3.75. The fourth-order valence-corrected chi connectivity index (χ4v) is 2.86. The molecular weight excluding hydrogens is 376 g/mol. The van der Waals surface area contributed by atoms with Crippen LogP contribution in [-0.2, 0) is 11.3 Å². The Labute approximate surface area is 176 Å². The molecule has 154 valence electrons. The van der Waals surface area contributed by atoms with E-state index in [0.29, 0.717) is 12.1 Å². The van der Waals surface area contributed by atoms with E-state index in [9.17, 15) is 9.59 Å². The topological polar surface area (TPSA) is 76.0 Å². The SMILES string of the molecule is Cc1ccc(/C=C(/NC(=O)c2ccc(C)cc2)C(=O)NCCCn2ccnc2)cc1. The van der Waals surface area contributed by atoms with Crippen LogP contribution in [0.4, 0.5) is 0 Å². The number of rotatable bonds is 8. The van der Waals surface area contributed by atoms with Crippen molar-refractivity contribution in [2.24, 2.45) is 0 Å². The molecule has 0 fully saturated rings. The predicted octanol–water partition coefficient (Wildman–Crippen LogP) is 3.48. The lowest BCUT2D eigenvalue weighted by molar-refractivity contribution is -0.117. The second-order valence-corrected chi connectivity index (χ2v) is 7.20. The maximum absolute atomic E-state index is 12.8. The van der Waals surface area contributed by atoms with Crippen LogP contribution in [0, 0.1) is 13.8 Å². The first kappa shape index (κ1) is 21.0. The van der Waals surface area contributed by atoms with Gasteiger partial charge in [0.05, 0.1) is 6.33 Å². The number of amides is 2. The van der Waals surface area contributed by atoms with Crippen molar-refractivity contribution in [3.63, 3.8) is 0 Å². The number of carbonyl (C=O) groups excluding carboxylic acids is 2. The second-order valence-electron chi connectivity index (χ2n) is 7.20. The highest BCUT2D eigenvalue weighted by Gasteiger charge is 2.14. The number of aryl methyl sites for hydroxylation is 3. The Morgan fingerprint density at radius 1 is 1.00 bits per heavy atom. The van der Waals surface area contributed by atoms with Gasteiger partial charge in [0.25, 0.3) is 11.8 Å². The number of hydrogen-bond acceptors (Lipinski definition) is 3. The minimum Gasteiger partial charge on any atom is -0.351 e. The van der Waals surface area contributed by atoms with Gasteiger partial charge in [0, 0.05) is 31.0 Å². The van der Waals surface area contributed by atoms with E-state index in [0.717, 1.165) is 29.7 Å². The molecule has 3 aromatic rings. The van der Waals surface area contributed by atoms with Gasteiger partial charge in [-0.15, -0.1) is 0 Å². The van der Waals surface area contributed by atoms with Gasteiger partial charge in [0.2, 0.25) is 0 Å². The van der Waals surface area contributed by atoms with Gasteiger partial charge in [0.15, 0.2) is 0 Å². The Balaban J connectivity index is 1.69. The van der Waals surface area contributed by atoms with Crippen LogP contribution >= 0.6 is 0 Å². The van der Waals surface area contributed by atoms with E-state index in [1.807, 2.05) is 61.0 Å². The van der Waals surface area contributed by atoms with E-state index >= 15 is 0 Å². The van der Waals surface area contributed by atoms with Crippen molar-refractivity contribution in [2.75, 3.05) is 6.54 Å². The maximum atomic E-state index is 12.8. The van der Waals surface area contributed by atoms with Crippen molar-refractivity contribution >= 4 is 17.9 Å². The fourth-order valence-electron chi connectivity index (χ4n) is 2.86. The molecule has 30 heavy (non-hydrogen) atoms. The molecule has 2 N–H and O–H groups in total. The number of imidazole rings is 1. The third kappa shape index (κ3) is 6.17. The van der Waals surface area contributed by atoms with E-state index in [4.69, 9.17) is 0 Å². The van der Waals surface area contributed by atoms with Gasteiger partial charge in [-0.1, -0.05) is 47.5 Å². The van der Waals surface area contributed by atoms with Crippen molar-refractivity contribution in [1.82, 2.24) is 20.2 Å². The molecule has 1 aromatic heterocycles. The van der Waals surface area contributed by atoms with Crippen molar-refractivity contribution in [3.05, 3.63) is 95.2 Å². The summed E-state index contributed by atoms with van der Waals surface area (Å²) in [6.45, 7) is 5.21. The number of benzene rings is 2. The number of nitrogens with zero attached hydrogens (tertiary/aromatic N) is 2. The fraction of sp³-hybridized carbons (Fsp3) is 0.208. The summed E-state index contributed by atoms with van der Waals surface area (Å²) in [7, 11) is 0. The lowest BCUT2D eigenvalue weighted by atomic mass is 10.1. The normalized spacial score (nSPS) is 11.2. The van der Waals surface area contributed by atoms with Crippen molar-refractivity contribution < 1.29 is 9.59 Å². The average Bonchev–Trinajstić information content (AvgIpc) is 3.26. The Bertz CT molecular complexity index is 1000. The van der Waals surface area contributed by atoms with Crippen LogP contribution in [0.3, 0.4) is 0 Å². The van der Waals surface area contributed by atoms with Gasteiger partial charge in [-0.05, 0) is 44.0 Å². The van der Waals surface area contributed by atoms with Gasteiger partial charge in [-0.25, -0.2) is 4.98 Å². The molecule has 3 rings (SSSR count). The Kier molecular flexibility index (Phi) is 7.16. The number of nitrogens with one attached hydrogen (secondary N) is 2. The summed E-state index contributed by atoms with van der Waals surface area (Å²) in [6.07, 6.45) is 7.79. The molecule has 6 nitrogen and oxygen atoms in total. The van der Waals surface area contributed by atoms with E-state index < -0.39 is 0 Å². The standard InChI is InChI=1S/C24H26N4O2/c1-18-4-8-20(9-5-18)16-22(27-23(29)21-10-6-19(2)7-11-21)24(30)26-12-3-14-28-15-13-25-17-28/h4-11,13,15-17H,3,12,14H2,1-2H3,(H,26,30)(H,27,29)/b22-16+. The molecule has 0 unspecified atom stereocenters. The molecule has 0 saturated carbocycles. The molecule has 0 radical (unpaired) electrons. The molecule has 2 aromatic carbocycles. The largest absolute Gasteiger partial charge is 0.351 e. The van der Waals surface area contributed by atoms with Crippen LogP contribution in [0.5, 0.6) is 0 Å². The highest BCUT2D eigenvalue weighted by molar-refractivity contribution is 6.05. The smallest absolute Gasteiger partial charge is 0.267 e. The van der Waals surface area contributed by atoms with Crippen LogP contribution in [-0.4, -0.2) is 27.9 Å². The summed E-state index contributed by atoms with van der Waals surface area (Å²) < 4.78 is 1.95. The zero-order valence-electron chi connectivity index (χ0n) is 17.3. The van der Waals surface area contributed by atoms with Crippen molar-refractivity contribution in [3.8, 4) is 0 Å². The quantitative estimate of drug-likeness (QED) is 0.447. The molecule has 0 aliphatic rings. The first-order valence-electron chi connectivity index (χ1n) is 9.91. The van der Waals surface area contributed by atoms with E-state index in [1.165, 1.54) is 0 Å². The minimum atomic E-state index is -0.318. The van der Waals surface area contributed by atoms with E-state index in [1.54, 1.807) is 30.7 Å². The van der Waals surface area contributed by atoms with Crippen LogP contribution in [0.2, 0.25) is 0 Å². The monoisotopic (exact) mass is 402 g/mol. The van der Waals surface area contributed by atoms with Gasteiger partial charge >= 0.3 is 0 Å². The van der Waals surface area contributed by atoms with E-state index in [2.05, 4.69) is 15.6 Å². The maximum Gasteiger partial charge on any atom is 0.267 e. The molecular formula is C24H26N4O2. The molecule has 0 aliphatic heterocycles. The molecule has 0 spiro atoms. The zero-order chi connectivity index (χ0) is 21.3. The van der Waals surface area contributed by atoms with Gasteiger partial charge in [0.1, 0.15) is 5.70 Å². The third-order valence-corrected chi connectivity index (χ3v) is 4.63. The van der Waals surface area contributed by atoms with Crippen LogP contribution in [0.15, 0.2) is 72.9 Å². The molecule has 1 heterocycles. The number of hydrogen-bond donors (Lipinski definition) is 2. The first-order valence-corrected chi connectivity index (χ1v) is 9.91. The lowest BCUT2D eigenvalue weighted by Crippen LogP contribution is -2.35. The second kappa shape index (κ2) is 10.2. The van der Waals surface area contributed by atoms with Crippen LogP contribution in [0.25, 0.3) is 6.08 Å².